The lowest BCUT2D eigenvalue weighted by Crippen LogP contribution is -2.60. The summed E-state index contributed by atoms with van der Waals surface area (Å²) in [5.74, 6) is -2.70. The van der Waals surface area contributed by atoms with E-state index in [-0.39, 0.29) is 60.2 Å². The number of alkyl halides is 3. The lowest BCUT2D eigenvalue weighted by molar-refractivity contribution is -0.938. The number of hydrogen-bond acceptors (Lipinski definition) is 10. The number of amides is 2. The zero-order valence-electron chi connectivity index (χ0n) is 35.4. The number of piperidine rings is 1. The molecule has 14 nitrogen and oxygen atoms in total. The lowest BCUT2D eigenvalue weighted by Gasteiger charge is -2.45. The van der Waals surface area contributed by atoms with Gasteiger partial charge < -0.3 is 44.2 Å². The summed E-state index contributed by atoms with van der Waals surface area (Å²) in [5, 5.41) is 20.4. The van der Waals surface area contributed by atoms with Crippen LogP contribution in [0.3, 0.4) is 0 Å². The van der Waals surface area contributed by atoms with E-state index in [2.05, 4.69) is 39.8 Å². The number of aliphatic hydroxyl groups excluding tert-OH is 1. The molecule has 3 aliphatic rings. The number of morpholine rings is 1. The van der Waals surface area contributed by atoms with Gasteiger partial charge in [0.1, 0.15) is 36.1 Å². The maximum absolute atomic E-state index is 13.4. The summed E-state index contributed by atoms with van der Waals surface area (Å²) in [5.41, 5.74) is 3.87. The van der Waals surface area contributed by atoms with Gasteiger partial charge in [-0.25, -0.2) is 9.59 Å². The van der Waals surface area contributed by atoms with Crippen LogP contribution in [0.25, 0.3) is 22.0 Å². The minimum Gasteiger partial charge on any atom is -0.493 e. The van der Waals surface area contributed by atoms with Crippen LogP contribution < -0.4 is 31.0 Å². The smallest absolute Gasteiger partial charge is 0.491 e. The molecule has 17 heteroatoms. The van der Waals surface area contributed by atoms with Crippen molar-refractivity contribution in [3.05, 3.63) is 118 Å². The van der Waals surface area contributed by atoms with Crippen molar-refractivity contribution >= 4 is 40.2 Å². The second-order valence-corrected chi connectivity index (χ2v) is 16.8. The van der Waals surface area contributed by atoms with Crippen molar-refractivity contribution in [1.82, 2.24) is 10.3 Å². The lowest BCUT2D eigenvalue weighted by atomic mass is 9.96. The van der Waals surface area contributed by atoms with Gasteiger partial charge in [-0.3, -0.25) is 14.9 Å². The van der Waals surface area contributed by atoms with Crippen LogP contribution in [0.1, 0.15) is 49.0 Å². The molecule has 3 fully saturated rings. The molecule has 64 heavy (non-hydrogen) atoms. The summed E-state index contributed by atoms with van der Waals surface area (Å²) in [6, 6.07) is 26.2. The monoisotopic (exact) mass is 884 g/mol. The number of nitrogens with one attached hydrogen (secondary N) is 4. The summed E-state index contributed by atoms with van der Waals surface area (Å²) in [7, 11) is 4.46. The van der Waals surface area contributed by atoms with Crippen molar-refractivity contribution in [3.8, 4) is 22.6 Å². The number of epoxide rings is 1. The predicted molar refractivity (Wildman–Crippen MR) is 231 cm³/mol. The number of aromatic amines is 1. The number of likely N-dealkylation sites (N-methyl/N-ethyl adjacent to an activating group) is 1. The third kappa shape index (κ3) is 9.62. The zero-order valence-corrected chi connectivity index (χ0v) is 35.4. The van der Waals surface area contributed by atoms with Gasteiger partial charge in [0.05, 0.1) is 38.0 Å². The maximum atomic E-state index is 13.4. The number of aliphatic hydroxyl groups is 1. The third-order valence-electron chi connectivity index (χ3n) is 12.3. The average Bonchev–Trinajstić information content (AvgIpc) is 4.03. The van der Waals surface area contributed by atoms with E-state index in [0.717, 1.165) is 51.7 Å². The highest BCUT2D eigenvalue weighted by Gasteiger charge is 2.70. The number of hydrogen-bond donors (Lipinski definition) is 5. The Morgan fingerprint density at radius 1 is 0.922 bits per heavy atom. The number of aryl methyl sites for hydroxylation is 1. The highest BCUT2D eigenvalue weighted by molar-refractivity contribution is 5.93. The molecule has 0 aliphatic carbocycles. The van der Waals surface area contributed by atoms with Gasteiger partial charge in [-0.15, -0.1) is 0 Å². The Kier molecular flexibility index (Phi) is 12.5. The Bertz CT molecular complexity index is 2600. The van der Waals surface area contributed by atoms with Crippen molar-refractivity contribution in [2.45, 2.75) is 81.8 Å². The Morgan fingerprint density at radius 3 is 2.39 bits per heavy atom. The summed E-state index contributed by atoms with van der Waals surface area (Å²) < 4.78 is 61.8. The molecule has 4 aromatic carbocycles. The molecule has 5 N–H and O–H groups in total. The first-order valence-corrected chi connectivity index (χ1v) is 21.1. The fourth-order valence-corrected chi connectivity index (χ4v) is 9.10. The van der Waals surface area contributed by atoms with E-state index < -0.39 is 35.7 Å². The molecule has 0 spiro atoms. The van der Waals surface area contributed by atoms with E-state index >= 15 is 0 Å². The number of ether oxygens (including phenoxy) is 4. The van der Waals surface area contributed by atoms with E-state index in [1.165, 1.54) is 12.1 Å². The Morgan fingerprint density at radius 2 is 1.67 bits per heavy atom. The van der Waals surface area contributed by atoms with Crippen LogP contribution in [0.15, 0.2) is 95.8 Å². The summed E-state index contributed by atoms with van der Waals surface area (Å²) in [4.78, 5) is 52.6. The SMILES string of the molecule is CCOc1cc(NC(=O)CCc2ccc(-c3ccccc3)c(NC(=O)OC3C[C@@H]4[C@H]5O[C@H]5[C@H](C3)[N+]4(C)C)c2)ccc1CNC[C@H](O)c1ccc(OC(=O)C(F)(F)F)c2[nH]c(=O)ccc12. The predicted octanol–water partition coefficient (Wildman–Crippen LogP) is 6.76. The first-order chi connectivity index (χ1) is 30.6. The number of carbonyl (C=O) groups excluding carboxylic acids is 3. The van der Waals surface area contributed by atoms with Gasteiger partial charge in [-0.1, -0.05) is 54.6 Å². The molecule has 1 aromatic heterocycles. The van der Waals surface area contributed by atoms with E-state index in [0.29, 0.717) is 42.2 Å². The van der Waals surface area contributed by atoms with Gasteiger partial charge in [0.15, 0.2) is 5.75 Å². The molecule has 3 saturated heterocycles. The van der Waals surface area contributed by atoms with Crippen LogP contribution in [0, 0.1) is 0 Å². The highest BCUT2D eigenvalue weighted by atomic mass is 19.4. The third-order valence-corrected chi connectivity index (χ3v) is 12.3. The number of H-pyrrole nitrogens is 1. The van der Waals surface area contributed by atoms with Gasteiger partial charge >= 0.3 is 18.2 Å². The number of aromatic nitrogens is 1. The highest BCUT2D eigenvalue weighted by Crippen LogP contribution is 2.51. The van der Waals surface area contributed by atoms with Gasteiger partial charge in [0.25, 0.3) is 0 Å². The molecule has 3 aliphatic heterocycles. The van der Waals surface area contributed by atoms with E-state index in [4.69, 9.17) is 14.2 Å². The van der Waals surface area contributed by atoms with Gasteiger partial charge in [-0.2, -0.15) is 13.2 Å². The van der Waals surface area contributed by atoms with Crippen molar-refractivity contribution in [3.63, 3.8) is 0 Å². The van der Waals surface area contributed by atoms with Crippen molar-refractivity contribution in [2.24, 2.45) is 0 Å². The largest absolute Gasteiger partial charge is 0.493 e. The molecule has 4 heterocycles. The quantitative estimate of drug-likeness (QED) is 0.0326. The summed E-state index contributed by atoms with van der Waals surface area (Å²) in [6.07, 6.45) is -4.63. The van der Waals surface area contributed by atoms with Crippen LogP contribution in [0.4, 0.5) is 29.3 Å². The molecule has 8 rings (SSSR count). The van der Waals surface area contributed by atoms with Crippen LogP contribution in [0.2, 0.25) is 0 Å². The fraction of sp³-hybridized carbons (Fsp3) is 0.362. The number of benzene rings is 4. The Hall–Kier alpha value is -6.27. The standard InChI is InChI=1S/C47H48F3N5O9/c1-4-61-39-21-29(13-12-28(39)24-51-25-37(56)32-15-17-38(63-45(59)47(48,49)50)42-33(32)16-19-41(58)54-42)52-40(57)18-11-26-10-14-31(27-8-6-5-7-9-27)34(20-26)53-46(60)62-30-22-35-43-44(64-43)36(23-30)55(35,2)3/h5-10,12-17,19-21,30,35-37,43-44,51,56H,4,11,18,22-25H2,1-3H3,(H2-,52,53,54,57,58,60)/p+1/t30?,35-,36+,37-,43-,44+/m0/s1. The number of carbonyl (C=O) groups is 3. The molecule has 0 saturated carbocycles. The Labute approximate surface area is 366 Å². The first-order valence-electron chi connectivity index (χ1n) is 21.1. The average molecular weight is 885 g/mol. The summed E-state index contributed by atoms with van der Waals surface area (Å²) in [6.45, 7) is 2.37. The minimum absolute atomic E-state index is 0.0133. The molecule has 336 valence electrons. The fourth-order valence-electron chi connectivity index (χ4n) is 9.10. The van der Waals surface area contributed by atoms with E-state index in [9.17, 15) is 37.5 Å². The number of halogens is 3. The van der Waals surface area contributed by atoms with Crippen molar-refractivity contribution in [1.29, 1.82) is 0 Å². The van der Waals surface area contributed by atoms with Crippen molar-refractivity contribution < 1.29 is 56.1 Å². The summed E-state index contributed by atoms with van der Waals surface area (Å²) >= 11 is 0. The molecule has 6 atom stereocenters. The van der Waals surface area contributed by atoms with E-state index in [1.54, 1.807) is 18.2 Å². The van der Waals surface area contributed by atoms with Gasteiger partial charge in [0.2, 0.25) is 11.5 Å². The number of quaternary nitrogens is 1. The number of fused-ring (bicyclic) bond motifs is 6. The van der Waals surface area contributed by atoms with Gasteiger partial charge in [0, 0.05) is 66.7 Å². The van der Waals surface area contributed by atoms with Crippen molar-refractivity contribution in [2.75, 3.05) is 37.9 Å². The van der Waals surface area contributed by atoms with Crippen LogP contribution >= 0.6 is 0 Å². The first kappa shape index (κ1) is 44.3. The second-order valence-electron chi connectivity index (χ2n) is 16.8. The number of esters is 1. The maximum Gasteiger partial charge on any atom is 0.491 e. The van der Waals surface area contributed by atoms with Crippen LogP contribution in [-0.4, -0.2) is 96.4 Å². The Balaban J connectivity index is 0.875. The van der Waals surface area contributed by atoms with Crippen LogP contribution in [-0.2, 0) is 32.0 Å². The van der Waals surface area contributed by atoms with Crippen LogP contribution in [0.5, 0.6) is 11.5 Å². The topological polar surface area (TPSA) is 181 Å². The number of pyridine rings is 1. The molecular weight excluding hydrogens is 836 g/mol. The molecular formula is C47H49F3N5O9+. The minimum atomic E-state index is -5.25. The number of rotatable bonds is 15. The van der Waals surface area contributed by atoms with Gasteiger partial charge in [-0.05, 0) is 54.3 Å². The molecule has 0 radical (unpaired) electrons. The molecule has 2 amide bonds. The second kappa shape index (κ2) is 18.1. The molecule has 2 bridgehead atoms. The number of anilines is 2. The number of nitrogens with zero attached hydrogens (tertiary/aromatic N) is 1. The van der Waals surface area contributed by atoms with E-state index in [1.807, 2.05) is 55.5 Å². The molecule has 5 aromatic rings. The molecule has 1 unspecified atom stereocenters. The zero-order chi connectivity index (χ0) is 45.3. The normalized spacial score (nSPS) is 21.1.